The summed E-state index contributed by atoms with van der Waals surface area (Å²) in [7, 11) is 0. The van der Waals surface area contributed by atoms with Gasteiger partial charge in [-0.25, -0.2) is 8.78 Å². The Morgan fingerprint density at radius 3 is 2.06 bits per heavy atom. The van der Waals surface area contributed by atoms with Crippen molar-refractivity contribution in [3.8, 4) is 11.1 Å². The lowest BCUT2D eigenvalue weighted by Gasteiger charge is -2.41. The summed E-state index contributed by atoms with van der Waals surface area (Å²) in [5, 5.41) is 35.4. The van der Waals surface area contributed by atoms with E-state index in [1.165, 1.54) is 18.7 Å². The maximum atomic E-state index is 15.3. The molecule has 3 rings (SSSR count). The van der Waals surface area contributed by atoms with Crippen molar-refractivity contribution in [3.63, 3.8) is 0 Å². The highest BCUT2D eigenvalue weighted by Gasteiger charge is 2.39. The molecule has 0 aliphatic heterocycles. The van der Waals surface area contributed by atoms with E-state index in [0.29, 0.717) is 11.3 Å². The van der Waals surface area contributed by atoms with Crippen LogP contribution in [0, 0.1) is 23.0 Å². The van der Waals surface area contributed by atoms with Gasteiger partial charge in [-0.1, -0.05) is 65.0 Å². The van der Waals surface area contributed by atoms with Gasteiger partial charge in [0.05, 0.1) is 19.0 Å². The van der Waals surface area contributed by atoms with Crippen molar-refractivity contribution in [1.82, 2.24) is 41.4 Å². The molecule has 2 aromatic carbocycles. The van der Waals surface area contributed by atoms with Gasteiger partial charge in [-0.15, -0.1) is 0 Å². The normalized spacial score (nSPS) is 14.0. The molecule has 19 nitrogen and oxygen atoms in total. The molecule has 5 atom stereocenters. The highest BCUT2D eigenvalue weighted by molar-refractivity contribution is 5.96. The average molecular weight is 982 g/mol. The Hall–Kier alpha value is -6.74. The van der Waals surface area contributed by atoms with Gasteiger partial charge in [0, 0.05) is 68.1 Å². The van der Waals surface area contributed by atoms with Crippen molar-refractivity contribution in [3.05, 3.63) is 83.7 Å². The number of benzene rings is 2. The summed E-state index contributed by atoms with van der Waals surface area (Å²) in [6.07, 6.45) is 0.749. The number of nitrogens with two attached hydrogens (primary N) is 1. The number of hydrogen-bond acceptors (Lipinski definition) is 10. The van der Waals surface area contributed by atoms with Crippen LogP contribution in [-0.4, -0.2) is 123 Å². The first-order valence-corrected chi connectivity index (χ1v) is 23.0. The van der Waals surface area contributed by atoms with Crippen LogP contribution < -0.4 is 37.6 Å². The molecule has 0 fully saturated rings. The molecule has 0 spiro atoms. The lowest BCUT2D eigenvalue weighted by Crippen LogP contribution is -2.58. The summed E-state index contributed by atoms with van der Waals surface area (Å²) in [5.74, 6) is -7.82. The number of rotatable bonds is 27. The number of aliphatic hydroxyl groups excluding tert-OH is 1. The maximum absolute atomic E-state index is 15.3. The molecule has 70 heavy (non-hydrogen) atoms. The Labute approximate surface area is 407 Å². The van der Waals surface area contributed by atoms with Gasteiger partial charge in [0.1, 0.15) is 36.4 Å². The monoisotopic (exact) mass is 982 g/mol. The molecule has 0 radical (unpaired) electrons. The molecule has 1 unspecified atom stereocenters. The van der Waals surface area contributed by atoms with E-state index in [2.05, 4.69) is 31.9 Å². The van der Waals surface area contributed by atoms with E-state index in [0.717, 1.165) is 23.8 Å². The minimum atomic E-state index is -1.63. The highest BCUT2D eigenvalue weighted by Crippen LogP contribution is 2.41. The first-order valence-electron chi connectivity index (χ1n) is 23.0. The molecule has 0 saturated carbocycles. The summed E-state index contributed by atoms with van der Waals surface area (Å²) in [5.41, 5.74) is 5.47. The molecule has 10 N–H and O–H groups in total. The summed E-state index contributed by atoms with van der Waals surface area (Å²) < 4.78 is 31.7. The van der Waals surface area contributed by atoms with E-state index in [1.807, 2.05) is 71.9 Å². The third-order valence-electron chi connectivity index (χ3n) is 11.9. The molecule has 1 heterocycles. The van der Waals surface area contributed by atoms with E-state index in [9.17, 15) is 53.0 Å². The maximum Gasteiger partial charge on any atom is 0.303 e. The van der Waals surface area contributed by atoms with Crippen molar-refractivity contribution < 1.29 is 57.4 Å². The van der Waals surface area contributed by atoms with Crippen LogP contribution >= 0.6 is 0 Å². The fourth-order valence-corrected chi connectivity index (χ4v) is 7.79. The topological polar surface area (TPSA) is 283 Å². The number of aliphatic hydroxyl groups is 1. The standard InChI is InChI=1S/C49H69F2N9O10/c1-29(2)49(8,18-16-43(66)67)55-25-41(64)53-19-20-54-46(69)37(57-47(70)38(24-40(52)63)58-45(68)30(3)56-31(4)62)17-21-60(42(65)28-61)44(48(5,6)7)39-22-33(35-23-34(50)14-15-36(35)51)27-59(39)26-32-12-10-9-11-13-32/h9-15,22-23,27,29-30,37-38,44,55,61H,16-21,24-26,28H2,1-8H3,(H2,52,63)(H,53,64)(H,54,69)(H,56,62)(H,57,70)(H,58,68)(H,66,67)/t30-,37+,38+,44+,49?/m1/s1. The first-order chi connectivity index (χ1) is 32.8. The molecule has 3 aromatic rings. The second-order valence-corrected chi connectivity index (χ2v) is 18.9. The lowest BCUT2D eigenvalue weighted by molar-refractivity contribution is -0.140. The molecule has 1 aromatic heterocycles. The number of amides is 7. The van der Waals surface area contributed by atoms with Gasteiger partial charge in [0.2, 0.25) is 41.4 Å². The molecule has 0 saturated heterocycles. The number of carboxylic acid groups (broad SMARTS) is 1. The SMILES string of the molecule is CC(=O)N[C@H](C)C(=O)N[C@@H](CC(N)=O)C(=O)N[C@@H](CCN(C(=O)CO)[C@@H](c1cc(-c2cc(F)ccc2F)cn1Cc1ccccc1)C(C)(C)C)C(=O)NCCNC(=O)CNC(C)(CCC(=O)O)C(C)C. The fraction of sp³-hybridized carbons (Fsp3) is 0.510. The number of carbonyl (C=O) groups is 8. The van der Waals surface area contributed by atoms with E-state index in [1.54, 1.807) is 16.8 Å². The zero-order valence-corrected chi connectivity index (χ0v) is 41.1. The van der Waals surface area contributed by atoms with Crippen molar-refractivity contribution >= 4 is 47.3 Å². The van der Waals surface area contributed by atoms with Gasteiger partial charge in [-0.2, -0.15) is 0 Å². The number of carboxylic acids is 1. The van der Waals surface area contributed by atoms with Crippen molar-refractivity contribution in [1.29, 1.82) is 0 Å². The van der Waals surface area contributed by atoms with Crippen LogP contribution in [0.3, 0.4) is 0 Å². The van der Waals surface area contributed by atoms with Gasteiger partial charge in [0.25, 0.3) is 0 Å². The third kappa shape index (κ3) is 17.7. The lowest BCUT2D eigenvalue weighted by atomic mass is 9.82. The quantitative estimate of drug-likeness (QED) is 0.0500. The smallest absolute Gasteiger partial charge is 0.303 e. The van der Waals surface area contributed by atoms with E-state index in [-0.39, 0.29) is 63.5 Å². The summed E-state index contributed by atoms with van der Waals surface area (Å²) in [6.45, 7) is 12.1. The first kappa shape index (κ1) is 57.6. The number of aromatic nitrogens is 1. The molecular formula is C49H69F2N9O10. The predicted octanol–water partition coefficient (Wildman–Crippen LogP) is 2.25. The number of primary amides is 1. The second-order valence-electron chi connectivity index (χ2n) is 18.9. The summed E-state index contributed by atoms with van der Waals surface area (Å²) in [6, 6.07) is 8.71. The van der Waals surface area contributed by atoms with Crippen LogP contribution in [0.25, 0.3) is 11.1 Å². The summed E-state index contributed by atoms with van der Waals surface area (Å²) in [4.78, 5) is 104. The minimum Gasteiger partial charge on any atom is -0.481 e. The van der Waals surface area contributed by atoms with E-state index in [4.69, 9.17) is 5.73 Å². The average Bonchev–Trinajstić information content (AvgIpc) is 3.68. The number of nitrogens with zero attached hydrogens (tertiary/aromatic N) is 2. The van der Waals surface area contributed by atoms with Crippen molar-refractivity contribution in [2.24, 2.45) is 17.1 Å². The molecule has 0 aliphatic rings. The Bertz CT molecular complexity index is 2320. The number of carbonyl (C=O) groups excluding carboxylic acids is 7. The van der Waals surface area contributed by atoms with Crippen LogP contribution in [0.1, 0.15) is 98.4 Å². The minimum absolute atomic E-state index is 0.0214. The van der Waals surface area contributed by atoms with Gasteiger partial charge in [-0.05, 0) is 67.9 Å². The van der Waals surface area contributed by atoms with E-state index < -0.39 is 107 Å². The molecular weight excluding hydrogens is 913 g/mol. The molecule has 384 valence electrons. The van der Waals surface area contributed by atoms with Crippen LogP contribution in [0.4, 0.5) is 8.78 Å². The van der Waals surface area contributed by atoms with Crippen molar-refractivity contribution in [2.75, 3.05) is 32.8 Å². The Morgan fingerprint density at radius 2 is 1.47 bits per heavy atom. The number of hydrogen-bond donors (Lipinski definition) is 9. The zero-order valence-electron chi connectivity index (χ0n) is 41.1. The van der Waals surface area contributed by atoms with Crippen molar-refractivity contribution in [2.45, 2.75) is 117 Å². The largest absolute Gasteiger partial charge is 0.481 e. The van der Waals surface area contributed by atoms with Crippen LogP contribution in [0.5, 0.6) is 0 Å². The fourth-order valence-electron chi connectivity index (χ4n) is 7.79. The molecule has 21 heteroatoms. The third-order valence-corrected chi connectivity index (χ3v) is 11.9. The highest BCUT2D eigenvalue weighted by atomic mass is 19.1. The Balaban J connectivity index is 2.02. The zero-order chi connectivity index (χ0) is 52.5. The second kappa shape index (κ2) is 26.3. The number of aliphatic carboxylic acids is 1. The van der Waals surface area contributed by atoms with Gasteiger partial charge >= 0.3 is 5.97 Å². The molecule has 7 amide bonds. The predicted molar refractivity (Wildman–Crippen MR) is 256 cm³/mol. The van der Waals surface area contributed by atoms with E-state index >= 15 is 4.39 Å². The van der Waals surface area contributed by atoms with Crippen LogP contribution in [-0.2, 0) is 44.9 Å². The number of halogens is 2. The van der Waals surface area contributed by atoms with Gasteiger partial charge in [0.15, 0.2) is 0 Å². The molecule has 0 aliphatic carbocycles. The Morgan fingerprint density at radius 1 is 0.829 bits per heavy atom. The Kier molecular flexibility index (Phi) is 21.6. The van der Waals surface area contributed by atoms with Gasteiger partial charge < -0.3 is 57.3 Å². The molecule has 0 bridgehead atoms. The summed E-state index contributed by atoms with van der Waals surface area (Å²) >= 11 is 0. The number of nitrogens with one attached hydrogen (secondary N) is 6. The van der Waals surface area contributed by atoms with Crippen LogP contribution in [0.2, 0.25) is 0 Å². The van der Waals surface area contributed by atoms with Gasteiger partial charge in [-0.3, -0.25) is 38.4 Å². The van der Waals surface area contributed by atoms with Crippen LogP contribution in [0.15, 0.2) is 60.8 Å².